The fraction of sp³-hybridized carbons (Fsp3) is 1.00. The maximum Gasteiger partial charge on any atom is 0.104 e. The first-order chi connectivity index (χ1) is 5.26. The third-order valence-corrected chi connectivity index (χ3v) is 3.09. The van der Waals surface area contributed by atoms with E-state index in [0.29, 0.717) is 0 Å². The Morgan fingerprint density at radius 2 is 2.27 bits per heavy atom. The molecule has 2 heterocycles. The van der Waals surface area contributed by atoms with Crippen LogP contribution in [0.4, 0.5) is 0 Å². The van der Waals surface area contributed by atoms with E-state index < -0.39 is 5.60 Å². The van der Waals surface area contributed by atoms with Crippen LogP contribution >= 0.6 is 0 Å². The fourth-order valence-corrected chi connectivity index (χ4v) is 2.39. The van der Waals surface area contributed by atoms with Gasteiger partial charge in [0, 0.05) is 12.6 Å². The summed E-state index contributed by atoms with van der Waals surface area (Å²) >= 11 is 0. The Bertz CT molecular complexity index is 162. The van der Waals surface area contributed by atoms with Crippen molar-refractivity contribution in [3.8, 4) is 0 Å². The molecule has 2 atom stereocenters. The van der Waals surface area contributed by atoms with Gasteiger partial charge in [-0.2, -0.15) is 0 Å². The van der Waals surface area contributed by atoms with Crippen molar-refractivity contribution in [1.29, 1.82) is 0 Å². The molecular weight excluding hydrogens is 142 g/mol. The van der Waals surface area contributed by atoms with Crippen molar-refractivity contribution in [3.63, 3.8) is 0 Å². The molecule has 3 heteroatoms. The summed E-state index contributed by atoms with van der Waals surface area (Å²) in [6.45, 7) is 1.99. The molecular formula is C8H15NO2. The highest BCUT2D eigenvalue weighted by Crippen LogP contribution is 2.35. The minimum atomic E-state index is -0.781. The van der Waals surface area contributed by atoms with E-state index in [4.69, 9.17) is 5.11 Å². The van der Waals surface area contributed by atoms with Crippen molar-refractivity contribution in [2.45, 2.75) is 30.9 Å². The van der Waals surface area contributed by atoms with E-state index >= 15 is 0 Å². The lowest BCUT2D eigenvalue weighted by molar-refractivity contribution is -0.0335. The van der Waals surface area contributed by atoms with Gasteiger partial charge in [-0.25, -0.2) is 0 Å². The van der Waals surface area contributed by atoms with Gasteiger partial charge in [-0.15, -0.1) is 0 Å². The van der Waals surface area contributed by atoms with Crippen LogP contribution in [0.1, 0.15) is 19.3 Å². The summed E-state index contributed by atoms with van der Waals surface area (Å²) < 4.78 is 0. The first kappa shape index (κ1) is 7.53. The molecule has 2 aliphatic heterocycles. The molecule has 2 aliphatic rings. The van der Waals surface area contributed by atoms with Crippen LogP contribution in [0.15, 0.2) is 0 Å². The van der Waals surface area contributed by atoms with Crippen molar-refractivity contribution in [3.05, 3.63) is 0 Å². The van der Waals surface area contributed by atoms with Crippen LogP contribution < -0.4 is 0 Å². The molecule has 64 valence electrons. The molecule has 2 fully saturated rings. The molecule has 0 aliphatic carbocycles. The quantitative estimate of drug-likeness (QED) is 0.543. The predicted molar refractivity (Wildman–Crippen MR) is 41.2 cm³/mol. The van der Waals surface area contributed by atoms with Gasteiger partial charge < -0.3 is 10.2 Å². The highest BCUT2D eigenvalue weighted by atomic mass is 16.3. The van der Waals surface area contributed by atoms with Crippen LogP contribution in [0.5, 0.6) is 0 Å². The van der Waals surface area contributed by atoms with Crippen LogP contribution in [0.25, 0.3) is 0 Å². The number of fused-ring (bicyclic) bond motifs is 1. The minimum Gasteiger partial charge on any atom is -0.393 e. The van der Waals surface area contributed by atoms with Crippen molar-refractivity contribution in [2.75, 3.05) is 19.7 Å². The number of aliphatic hydroxyl groups is 2. The van der Waals surface area contributed by atoms with Crippen LogP contribution in [0.2, 0.25) is 0 Å². The van der Waals surface area contributed by atoms with Crippen LogP contribution in [-0.2, 0) is 0 Å². The molecule has 0 aromatic heterocycles. The SMILES string of the molecule is OC[C@@]1(O)CCN2CCC[C@@H]21. The molecule has 0 bridgehead atoms. The highest BCUT2D eigenvalue weighted by Gasteiger charge is 2.47. The molecule has 0 radical (unpaired) electrons. The zero-order valence-corrected chi connectivity index (χ0v) is 6.66. The summed E-state index contributed by atoms with van der Waals surface area (Å²) in [5.74, 6) is 0. The van der Waals surface area contributed by atoms with E-state index in [1.165, 1.54) is 6.42 Å². The van der Waals surface area contributed by atoms with E-state index in [1.54, 1.807) is 0 Å². The maximum atomic E-state index is 9.88. The predicted octanol–water partition coefficient (Wildman–Crippen LogP) is -0.422. The molecule has 2 rings (SSSR count). The molecule has 0 aromatic carbocycles. The molecule has 0 aromatic rings. The van der Waals surface area contributed by atoms with Crippen LogP contribution in [-0.4, -0.2) is 46.5 Å². The lowest BCUT2D eigenvalue weighted by Crippen LogP contribution is -2.44. The molecule has 0 amide bonds. The Kier molecular flexibility index (Phi) is 1.67. The van der Waals surface area contributed by atoms with Crippen molar-refractivity contribution >= 4 is 0 Å². The first-order valence-corrected chi connectivity index (χ1v) is 4.33. The Labute approximate surface area is 66.6 Å². The smallest absolute Gasteiger partial charge is 0.104 e. The molecule has 0 saturated carbocycles. The fourth-order valence-electron chi connectivity index (χ4n) is 2.39. The summed E-state index contributed by atoms with van der Waals surface area (Å²) in [6.07, 6.45) is 2.97. The number of aliphatic hydroxyl groups excluding tert-OH is 1. The van der Waals surface area contributed by atoms with E-state index in [0.717, 1.165) is 25.9 Å². The Balaban J connectivity index is 2.14. The second-order valence-corrected chi connectivity index (χ2v) is 3.71. The zero-order chi connectivity index (χ0) is 7.90. The average Bonchev–Trinajstić information content (AvgIpc) is 2.55. The lowest BCUT2D eigenvalue weighted by Gasteiger charge is -2.27. The van der Waals surface area contributed by atoms with Crippen molar-refractivity contribution in [1.82, 2.24) is 4.90 Å². The number of hydrogen-bond acceptors (Lipinski definition) is 3. The summed E-state index contributed by atoms with van der Waals surface area (Å²) in [5, 5.41) is 18.9. The van der Waals surface area contributed by atoms with Crippen LogP contribution in [0.3, 0.4) is 0 Å². The Hall–Kier alpha value is -0.120. The normalized spacial score (nSPS) is 44.7. The topological polar surface area (TPSA) is 43.7 Å². The minimum absolute atomic E-state index is 0.0752. The number of rotatable bonds is 1. The lowest BCUT2D eigenvalue weighted by atomic mass is 9.94. The van der Waals surface area contributed by atoms with Gasteiger partial charge in [0.25, 0.3) is 0 Å². The summed E-state index contributed by atoms with van der Waals surface area (Å²) in [5.41, 5.74) is -0.781. The van der Waals surface area contributed by atoms with Crippen LogP contribution in [0, 0.1) is 0 Å². The summed E-state index contributed by atoms with van der Waals surface area (Å²) in [7, 11) is 0. The molecule has 2 saturated heterocycles. The average molecular weight is 157 g/mol. The zero-order valence-electron chi connectivity index (χ0n) is 6.66. The summed E-state index contributed by atoms with van der Waals surface area (Å²) in [4.78, 5) is 2.29. The second-order valence-electron chi connectivity index (χ2n) is 3.71. The molecule has 0 spiro atoms. The van der Waals surface area contributed by atoms with Crippen molar-refractivity contribution in [2.24, 2.45) is 0 Å². The number of hydrogen-bond donors (Lipinski definition) is 2. The third-order valence-electron chi connectivity index (χ3n) is 3.09. The van der Waals surface area contributed by atoms with Crippen molar-refractivity contribution < 1.29 is 10.2 Å². The van der Waals surface area contributed by atoms with Gasteiger partial charge in [0.15, 0.2) is 0 Å². The molecule has 0 unspecified atom stereocenters. The van der Waals surface area contributed by atoms with E-state index in [1.807, 2.05) is 0 Å². The first-order valence-electron chi connectivity index (χ1n) is 4.33. The summed E-state index contributed by atoms with van der Waals surface area (Å²) in [6, 6.07) is 0.243. The van der Waals surface area contributed by atoms with E-state index in [9.17, 15) is 5.11 Å². The van der Waals surface area contributed by atoms with Gasteiger partial charge in [0.05, 0.1) is 6.61 Å². The standard InChI is InChI=1S/C8H15NO2/c10-6-8(11)3-5-9-4-1-2-7(8)9/h7,10-11H,1-6H2/t7-,8+/m1/s1. The van der Waals surface area contributed by atoms with Gasteiger partial charge in [0.1, 0.15) is 5.60 Å². The van der Waals surface area contributed by atoms with E-state index in [-0.39, 0.29) is 12.6 Å². The third kappa shape index (κ3) is 0.991. The van der Waals surface area contributed by atoms with Gasteiger partial charge in [0.2, 0.25) is 0 Å². The second kappa shape index (κ2) is 2.44. The van der Waals surface area contributed by atoms with E-state index in [2.05, 4.69) is 4.90 Å². The largest absolute Gasteiger partial charge is 0.393 e. The van der Waals surface area contributed by atoms with Gasteiger partial charge in [-0.05, 0) is 25.8 Å². The monoisotopic (exact) mass is 157 g/mol. The van der Waals surface area contributed by atoms with Gasteiger partial charge in [-0.1, -0.05) is 0 Å². The Morgan fingerprint density at radius 3 is 3.00 bits per heavy atom. The van der Waals surface area contributed by atoms with Gasteiger partial charge in [-0.3, -0.25) is 4.90 Å². The van der Waals surface area contributed by atoms with Gasteiger partial charge >= 0.3 is 0 Å². The molecule has 11 heavy (non-hydrogen) atoms. The molecule has 3 nitrogen and oxygen atoms in total. The number of nitrogens with zero attached hydrogens (tertiary/aromatic N) is 1. The Morgan fingerprint density at radius 1 is 1.45 bits per heavy atom. The maximum absolute atomic E-state index is 9.88. The highest BCUT2D eigenvalue weighted by molar-refractivity contribution is 5.02. The molecule has 2 N–H and O–H groups in total.